The first-order chi connectivity index (χ1) is 11.4. The van der Waals surface area contributed by atoms with Crippen LogP contribution in [0.15, 0.2) is 36.4 Å². The summed E-state index contributed by atoms with van der Waals surface area (Å²) >= 11 is 5.90. The van der Waals surface area contributed by atoms with Gasteiger partial charge >= 0.3 is 5.97 Å². The molecule has 126 valence electrons. The molecule has 0 aliphatic carbocycles. The van der Waals surface area contributed by atoms with Crippen molar-refractivity contribution in [3.63, 3.8) is 0 Å². The Bertz CT molecular complexity index is 760. The maximum Gasteiger partial charge on any atom is 0.342 e. The molecule has 2 aromatic rings. The Labute approximate surface area is 144 Å². The molecule has 7 heteroatoms. The summed E-state index contributed by atoms with van der Waals surface area (Å²) in [4.78, 5) is 24.0. The van der Waals surface area contributed by atoms with Crippen molar-refractivity contribution in [1.82, 2.24) is 0 Å². The number of esters is 1. The van der Waals surface area contributed by atoms with Gasteiger partial charge in [-0.15, -0.1) is 0 Å². The molecule has 2 aromatic carbocycles. The van der Waals surface area contributed by atoms with Gasteiger partial charge in [-0.25, -0.2) is 4.79 Å². The fourth-order valence-electron chi connectivity index (χ4n) is 1.94. The van der Waals surface area contributed by atoms with Gasteiger partial charge < -0.3 is 20.5 Å². The van der Waals surface area contributed by atoms with Crippen LogP contribution in [0.4, 0.5) is 11.4 Å². The van der Waals surface area contributed by atoms with Gasteiger partial charge in [-0.05, 0) is 25.1 Å². The normalized spacial score (nSPS) is 10.1. The second kappa shape index (κ2) is 7.70. The molecule has 0 bridgehead atoms. The largest absolute Gasteiger partial charge is 0.496 e. The molecule has 0 unspecified atom stereocenters. The van der Waals surface area contributed by atoms with E-state index < -0.39 is 18.5 Å². The van der Waals surface area contributed by atoms with Crippen LogP contribution in [0.25, 0.3) is 0 Å². The first-order valence-electron chi connectivity index (χ1n) is 7.07. The third kappa shape index (κ3) is 4.39. The summed E-state index contributed by atoms with van der Waals surface area (Å²) in [7, 11) is 1.39. The van der Waals surface area contributed by atoms with Gasteiger partial charge in [0.25, 0.3) is 5.91 Å². The molecule has 0 fully saturated rings. The molecule has 0 radical (unpaired) electrons. The number of anilines is 2. The lowest BCUT2D eigenvalue weighted by Gasteiger charge is -2.11. The predicted octanol–water partition coefficient (Wildman–Crippen LogP) is 3.03. The number of ether oxygens (including phenoxy) is 2. The Morgan fingerprint density at radius 2 is 1.88 bits per heavy atom. The van der Waals surface area contributed by atoms with Crippen LogP contribution in [0.3, 0.4) is 0 Å². The van der Waals surface area contributed by atoms with Crippen molar-refractivity contribution in [2.75, 3.05) is 24.8 Å². The van der Waals surface area contributed by atoms with Crippen LogP contribution in [0.2, 0.25) is 5.02 Å². The van der Waals surface area contributed by atoms with E-state index in [1.807, 2.05) is 19.1 Å². The number of amides is 1. The highest BCUT2D eigenvalue weighted by atomic mass is 35.5. The zero-order valence-electron chi connectivity index (χ0n) is 13.3. The van der Waals surface area contributed by atoms with Crippen LogP contribution in [-0.4, -0.2) is 25.6 Å². The van der Waals surface area contributed by atoms with Crippen LogP contribution < -0.4 is 15.8 Å². The molecule has 2 rings (SSSR count). The van der Waals surface area contributed by atoms with Crippen molar-refractivity contribution in [1.29, 1.82) is 0 Å². The number of rotatable bonds is 5. The number of aryl methyl sites for hydroxylation is 1. The van der Waals surface area contributed by atoms with E-state index in [4.69, 9.17) is 26.8 Å². The summed E-state index contributed by atoms with van der Waals surface area (Å²) in [6.07, 6.45) is 0. The molecule has 0 heterocycles. The topological polar surface area (TPSA) is 90.7 Å². The highest BCUT2D eigenvalue weighted by molar-refractivity contribution is 6.33. The van der Waals surface area contributed by atoms with E-state index in [-0.39, 0.29) is 22.0 Å². The summed E-state index contributed by atoms with van der Waals surface area (Å²) in [6.45, 7) is 1.51. The number of nitrogens with one attached hydrogen (secondary N) is 1. The van der Waals surface area contributed by atoms with Crippen molar-refractivity contribution in [3.05, 3.63) is 52.5 Å². The molecule has 0 saturated heterocycles. The molecule has 3 N–H and O–H groups in total. The molecule has 0 aliphatic heterocycles. The van der Waals surface area contributed by atoms with Crippen LogP contribution in [0.5, 0.6) is 5.75 Å². The van der Waals surface area contributed by atoms with E-state index in [1.165, 1.54) is 19.2 Å². The van der Waals surface area contributed by atoms with E-state index >= 15 is 0 Å². The fourth-order valence-corrected chi connectivity index (χ4v) is 2.10. The van der Waals surface area contributed by atoms with Gasteiger partial charge in [-0.3, -0.25) is 4.79 Å². The molecule has 6 nitrogen and oxygen atoms in total. The number of carbonyl (C=O) groups is 2. The standard InChI is InChI=1S/C17H17ClN2O4/c1-10-3-5-11(6-4-10)20-16(21)9-24-17(22)12-7-13(18)14(19)8-15(12)23-2/h3-8H,9,19H2,1-2H3,(H,20,21). The lowest BCUT2D eigenvalue weighted by atomic mass is 10.2. The van der Waals surface area contributed by atoms with Gasteiger partial charge in [0.1, 0.15) is 11.3 Å². The highest BCUT2D eigenvalue weighted by Gasteiger charge is 2.17. The third-order valence-electron chi connectivity index (χ3n) is 3.21. The minimum absolute atomic E-state index is 0.0971. The van der Waals surface area contributed by atoms with E-state index in [9.17, 15) is 9.59 Å². The van der Waals surface area contributed by atoms with E-state index in [2.05, 4.69) is 5.32 Å². The van der Waals surface area contributed by atoms with Gasteiger partial charge in [-0.2, -0.15) is 0 Å². The summed E-state index contributed by atoms with van der Waals surface area (Å²) in [5, 5.41) is 2.83. The second-order valence-electron chi connectivity index (χ2n) is 5.06. The average molecular weight is 349 g/mol. The van der Waals surface area contributed by atoms with Crippen LogP contribution in [-0.2, 0) is 9.53 Å². The number of hydrogen-bond acceptors (Lipinski definition) is 5. The van der Waals surface area contributed by atoms with Gasteiger partial charge in [-0.1, -0.05) is 29.3 Å². The number of carbonyl (C=O) groups excluding carboxylic acids is 2. The molecule has 1 amide bonds. The summed E-state index contributed by atoms with van der Waals surface area (Å²) in [5.41, 5.74) is 7.73. The Balaban J connectivity index is 1.99. The molecule has 0 saturated carbocycles. The lowest BCUT2D eigenvalue weighted by Crippen LogP contribution is -2.21. The zero-order chi connectivity index (χ0) is 17.7. The van der Waals surface area contributed by atoms with Crippen molar-refractivity contribution < 1.29 is 19.1 Å². The van der Waals surface area contributed by atoms with Crippen LogP contribution in [0, 0.1) is 6.92 Å². The summed E-state index contributed by atoms with van der Waals surface area (Å²) < 4.78 is 10.1. The predicted molar refractivity (Wildman–Crippen MR) is 92.5 cm³/mol. The zero-order valence-corrected chi connectivity index (χ0v) is 14.0. The van der Waals surface area contributed by atoms with Crippen LogP contribution in [0.1, 0.15) is 15.9 Å². The van der Waals surface area contributed by atoms with E-state index in [1.54, 1.807) is 12.1 Å². The number of halogens is 1. The summed E-state index contributed by atoms with van der Waals surface area (Å²) in [6, 6.07) is 10.0. The maximum atomic E-state index is 12.1. The van der Waals surface area contributed by atoms with Gasteiger partial charge in [0.05, 0.1) is 17.8 Å². The minimum Gasteiger partial charge on any atom is -0.496 e. The molecule has 0 spiro atoms. The molecule has 0 aliphatic rings. The molecule has 0 atom stereocenters. The smallest absolute Gasteiger partial charge is 0.342 e. The molecular formula is C17H17ClN2O4. The quantitative estimate of drug-likeness (QED) is 0.640. The van der Waals surface area contributed by atoms with E-state index in [0.717, 1.165) is 5.56 Å². The Hall–Kier alpha value is -2.73. The monoisotopic (exact) mass is 348 g/mol. The lowest BCUT2D eigenvalue weighted by molar-refractivity contribution is -0.119. The van der Waals surface area contributed by atoms with Crippen molar-refractivity contribution in [2.45, 2.75) is 6.92 Å². The first-order valence-corrected chi connectivity index (χ1v) is 7.45. The number of methoxy groups -OCH3 is 1. The van der Waals surface area contributed by atoms with Gasteiger partial charge in [0, 0.05) is 11.8 Å². The molecule has 24 heavy (non-hydrogen) atoms. The molecule has 0 aromatic heterocycles. The average Bonchev–Trinajstić information content (AvgIpc) is 2.56. The highest BCUT2D eigenvalue weighted by Crippen LogP contribution is 2.29. The molecular weight excluding hydrogens is 332 g/mol. The Morgan fingerprint density at radius 1 is 1.21 bits per heavy atom. The SMILES string of the molecule is COc1cc(N)c(Cl)cc1C(=O)OCC(=O)Nc1ccc(C)cc1. The fraction of sp³-hybridized carbons (Fsp3) is 0.176. The van der Waals surface area contributed by atoms with Crippen LogP contribution >= 0.6 is 11.6 Å². The number of hydrogen-bond donors (Lipinski definition) is 2. The first kappa shape index (κ1) is 17.6. The van der Waals surface area contributed by atoms with Gasteiger partial charge in [0.2, 0.25) is 0 Å². The maximum absolute atomic E-state index is 12.1. The Kier molecular flexibility index (Phi) is 5.65. The third-order valence-corrected chi connectivity index (χ3v) is 3.54. The number of nitrogens with two attached hydrogens (primary N) is 1. The number of nitrogen functional groups attached to an aromatic ring is 1. The van der Waals surface area contributed by atoms with E-state index in [0.29, 0.717) is 5.69 Å². The summed E-state index contributed by atoms with van der Waals surface area (Å²) in [5.74, 6) is -0.957. The minimum atomic E-state index is -0.729. The van der Waals surface area contributed by atoms with Crippen molar-refractivity contribution in [3.8, 4) is 5.75 Å². The van der Waals surface area contributed by atoms with Crippen molar-refractivity contribution in [2.24, 2.45) is 0 Å². The second-order valence-corrected chi connectivity index (χ2v) is 5.47. The van der Waals surface area contributed by atoms with Gasteiger partial charge in [0.15, 0.2) is 6.61 Å². The number of benzene rings is 2. The Morgan fingerprint density at radius 3 is 2.50 bits per heavy atom. The van der Waals surface area contributed by atoms with Crippen molar-refractivity contribution >= 4 is 34.9 Å².